The lowest BCUT2D eigenvalue weighted by molar-refractivity contribution is -0.118. The van der Waals surface area contributed by atoms with E-state index in [0.29, 0.717) is 16.5 Å². The number of hydrogen-bond donors (Lipinski definition) is 2. The molecule has 2 rings (SSSR count). The summed E-state index contributed by atoms with van der Waals surface area (Å²) in [5.41, 5.74) is 0.787. The second-order valence-electron chi connectivity index (χ2n) is 4.72. The summed E-state index contributed by atoms with van der Waals surface area (Å²) in [4.78, 5) is 37.8. The molecule has 0 atom stereocenters. The first-order valence-electron chi connectivity index (χ1n) is 7.08. The minimum absolute atomic E-state index is 0.0392. The van der Waals surface area contributed by atoms with Gasteiger partial charge in [0.1, 0.15) is 5.56 Å². The van der Waals surface area contributed by atoms with Crippen molar-refractivity contribution in [3.63, 3.8) is 0 Å². The van der Waals surface area contributed by atoms with Crippen molar-refractivity contribution in [2.75, 3.05) is 13.2 Å². The Morgan fingerprint density at radius 1 is 1.35 bits per heavy atom. The van der Waals surface area contributed by atoms with Gasteiger partial charge in [-0.05, 0) is 25.1 Å². The van der Waals surface area contributed by atoms with Crippen molar-refractivity contribution in [1.29, 1.82) is 0 Å². The number of fused-ring (bicyclic) bond motifs is 1. The summed E-state index contributed by atoms with van der Waals surface area (Å²) in [6, 6.07) is 5.08. The molecule has 0 unspecified atom stereocenters. The maximum absolute atomic E-state index is 12.4. The molecule has 2 N–H and O–H groups in total. The number of nitrogens with one attached hydrogen (secondary N) is 2. The quantitative estimate of drug-likeness (QED) is 0.658. The largest absolute Gasteiger partial charge is 0.462 e. The number of esters is 1. The number of carbonyl (C=O) groups is 2. The van der Waals surface area contributed by atoms with Crippen molar-refractivity contribution < 1.29 is 14.3 Å². The number of carbonyl (C=O) groups excluding carboxylic acids is 2. The molecule has 0 aliphatic heterocycles. The predicted octanol–water partition coefficient (Wildman–Crippen LogP) is 1.19. The van der Waals surface area contributed by atoms with E-state index in [-0.39, 0.29) is 24.6 Å². The van der Waals surface area contributed by atoms with Crippen molar-refractivity contribution in [3.8, 4) is 11.8 Å². The van der Waals surface area contributed by atoms with Gasteiger partial charge in [-0.1, -0.05) is 11.8 Å². The molecule has 6 heteroatoms. The number of ether oxygens (including phenoxy) is 1. The molecule has 0 saturated carbocycles. The van der Waals surface area contributed by atoms with Gasteiger partial charge in [-0.15, -0.1) is 0 Å². The SMILES string of the molecule is CCOC(=O)c1c[nH]c2ccc(C#CCNC(C)=O)cc2c1=O. The summed E-state index contributed by atoms with van der Waals surface area (Å²) in [7, 11) is 0. The minimum atomic E-state index is -0.655. The number of benzene rings is 1. The number of H-pyrrole nitrogens is 1. The molecule has 6 nitrogen and oxygen atoms in total. The van der Waals surface area contributed by atoms with Crippen LogP contribution in [0.4, 0.5) is 0 Å². The van der Waals surface area contributed by atoms with Crippen molar-refractivity contribution in [2.45, 2.75) is 13.8 Å². The lowest BCUT2D eigenvalue weighted by atomic mass is 10.1. The molecular weight excluding hydrogens is 296 g/mol. The van der Waals surface area contributed by atoms with E-state index in [1.165, 1.54) is 13.1 Å². The Balaban J connectivity index is 2.37. The zero-order valence-electron chi connectivity index (χ0n) is 12.9. The molecule has 2 aromatic rings. The molecule has 1 aromatic heterocycles. The topological polar surface area (TPSA) is 88.3 Å². The molecule has 0 aliphatic carbocycles. The average Bonchev–Trinajstić information content (AvgIpc) is 2.52. The number of amides is 1. The van der Waals surface area contributed by atoms with Crippen LogP contribution < -0.4 is 10.7 Å². The molecule has 23 heavy (non-hydrogen) atoms. The molecule has 0 radical (unpaired) electrons. The van der Waals surface area contributed by atoms with E-state index >= 15 is 0 Å². The van der Waals surface area contributed by atoms with Gasteiger partial charge in [-0.2, -0.15) is 0 Å². The van der Waals surface area contributed by atoms with Crippen LogP contribution in [0, 0.1) is 11.8 Å². The maximum Gasteiger partial charge on any atom is 0.343 e. The van der Waals surface area contributed by atoms with E-state index < -0.39 is 11.4 Å². The fourth-order valence-electron chi connectivity index (χ4n) is 1.97. The second kappa shape index (κ2) is 7.27. The smallest absolute Gasteiger partial charge is 0.343 e. The van der Waals surface area contributed by atoms with E-state index in [1.807, 2.05) is 0 Å². The van der Waals surface area contributed by atoms with Crippen LogP contribution >= 0.6 is 0 Å². The summed E-state index contributed by atoms with van der Waals surface area (Å²) in [6.45, 7) is 3.52. The highest BCUT2D eigenvalue weighted by atomic mass is 16.5. The second-order valence-corrected chi connectivity index (χ2v) is 4.72. The van der Waals surface area contributed by atoms with E-state index in [0.717, 1.165) is 0 Å². The van der Waals surface area contributed by atoms with Crippen LogP contribution in [0.3, 0.4) is 0 Å². The van der Waals surface area contributed by atoms with Gasteiger partial charge in [0.05, 0.1) is 13.2 Å². The van der Waals surface area contributed by atoms with Gasteiger partial charge >= 0.3 is 5.97 Å². The van der Waals surface area contributed by atoms with Crippen molar-refractivity contribution >= 4 is 22.8 Å². The fraction of sp³-hybridized carbons (Fsp3) is 0.235. The normalized spacial score (nSPS) is 9.83. The standard InChI is InChI=1S/C17H16N2O4/c1-3-23-17(22)14-10-19-15-7-6-12(9-13(15)16(14)21)5-4-8-18-11(2)20/h6-7,9-10H,3,8H2,1-2H3,(H,18,20)(H,19,21). The Morgan fingerprint density at radius 2 is 2.13 bits per heavy atom. The van der Waals surface area contributed by atoms with Gasteiger partial charge in [-0.3, -0.25) is 9.59 Å². The van der Waals surface area contributed by atoms with Gasteiger partial charge in [0.25, 0.3) is 0 Å². The van der Waals surface area contributed by atoms with Gasteiger partial charge in [0.2, 0.25) is 11.3 Å². The van der Waals surface area contributed by atoms with Gasteiger partial charge < -0.3 is 15.0 Å². The number of aromatic nitrogens is 1. The van der Waals surface area contributed by atoms with Crippen LogP contribution in [0.5, 0.6) is 0 Å². The van der Waals surface area contributed by atoms with Gasteiger partial charge in [0, 0.05) is 29.6 Å². The Labute approximate surface area is 132 Å². The van der Waals surface area contributed by atoms with Crippen molar-refractivity contribution in [1.82, 2.24) is 10.3 Å². The first-order valence-corrected chi connectivity index (χ1v) is 7.08. The monoisotopic (exact) mass is 312 g/mol. The van der Waals surface area contributed by atoms with Crippen LogP contribution in [-0.2, 0) is 9.53 Å². The molecule has 0 spiro atoms. The summed E-state index contributed by atoms with van der Waals surface area (Å²) >= 11 is 0. The van der Waals surface area contributed by atoms with E-state index in [2.05, 4.69) is 22.1 Å². The molecule has 1 heterocycles. The molecule has 0 bridgehead atoms. The highest BCUT2D eigenvalue weighted by molar-refractivity contribution is 5.93. The van der Waals surface area contributed by atoms with Crippen molar-refractivity contribution in [3.05, 3.63) is 45.7 Å². The van der Waals surface area contributed by atoms with Crippen LogP contribution in [0.2, 0.25) is 0 Å². The fourth-order valence-corrected chi connectivity index (χ4v) is 1.97. The molecule has 0 aliphatic rings. The highest BCUT2D eigenvalue weighted by Crippen LogP contribution is 2.11. The summed E-state index contributed by atoms with van der Waals surface area (Å²) in [6.07, 6.45) is 1.35. The summed E-state index contributed by atoms with van der Waals surface area (Å²) in [5.74, 6) is 4.83. The first-order chi connectivity index (χ1) is 11.0. The lowest BCUT2D eigenvalue weighted by Crippen LogP contribution is -2.19. The zero-order valence-corrected chi connectivity index (χ0v) is 12.9. The Hall–Kier alpha value is -3.07. The van der Waals surface area contributed by atoms with Crippen LogP contribution in [0.1, 0.15) is 29.8 Å². The predicted molar refractivity (Wildman–Crippen MR) is 86.1 cm³/mol. The third-order valence-electron chi connectivity index (χ3n) is 3.03. The van der Waals surface area contributed by atoms with Crippen molar-refractivity contribution in [2.24, 2.45) is 0 Å². The van der Waals surface area contributed by atoms with E-state index in [9.17, 15) is 14.4 Å². The molecular formula is C17H16N2O4. The maximum atomic E-state index is 12.4. The highest BCUT2D eigenvalue weighted by Gasteiger charge is 2.13. The third kappa shape index (κ3) is 3.98. The minimum Gasteiger partial charge on any atom is -0.462 e. The lowest BCUT2D eigenvalue weighted by Gasteiger charge is -2.03. The first kappa shape index (κ1) is 16.3. The van der Waals surface area contributed by atoms with Crippen LogP contribution in [0.25, 0.3) is 10.9 Å². The molecule has 0 saturated heterocycles. The third-order valence-corrected chi connectivity index (χ3v) is 3.03. The average molecular weight is 312 g/mol. The zero-order chi connectivity index (χ0) is 16.8. The van der Waals surface area contributed by atoms with E-state index in [1.54, 1.807) is 25.1 Å². The Kier molecular flexibility index (Phi) is 5.15. The van der Waals surface area contributed by atoms with Gasteiger partial charge in [0.15, 0.2) is 0 Å². The number of aromatic amines is 1. The van der Waals surface area contributed by atoms with Crippen LogP contribution in [0.15, 0.2) is 29.2 Å². The molecule has 0 fully saturated rings. The number of pyridine rings is 1. The Morgan fingerprint density at radius 3 is 2.83 bits per heavy atom. The van der Waals surface area contributed by atoms with Gasteiger partial charge in [-0.25, -0.2) is 4.79 Å². The van der Waals surface area contributed by atoms with E-state index in [4.69, 9.17) is 4.74 Å². The number of hydrogen-bond acceptors (Lipinski definition) is 4. The summed E-state index contributed by atoms with van der Waals surface area (Å²) in [5, 5.41) is 2.92. The summed E-state index contributed by atoms with van der Waals surface area (Å²) < 4.78 is 4.86. The molecule has 1 amide bonds. The molecule has 1 aromatic carbocycles. The molecule has 118 valence electrons. The van der Waals surface area contributed by atoms with Crippen LogP contribution in [-0.4, -0.2) is 30.0 Å². The number of rotatable bonds is 3. The Bertz CT molecular complexity index is 872.